The van der Waals surface area contributed by atoms with Gasteiger partial charge in [0, 0.05) is 12.8 Å². The highest BCUT2D eigenvalue weighted by atomic mass is 16.6. The van der Waals surface area contributed by atoms with Crippen LogP contribution in [0.5, 0.6) is 0 Å². The Balaban J connectivity index is 2.70. The smallest absolute Gasteiger partial charge is 0.408 e. The number of ketones is 2. The van der Waals surface area contributed by atoms with Crippen molar-refractivity contribution >= 4 is 23.6 Å². The molecule has 1 rings (SSSR count). The lowest BCUT2D eigenvalue weighted by Crippen LogP contribution is -2.48. The van der Waals surface area contributed by atoms with Crippen LogP contribution in [0, 0.1) is 5.92 Å². The Kier molecular flexibility index (Phi) is 5.68. The van der Waals surface area contributed by atoms with Gasteiger partial charge < -0.3 is 14.8 Å². The summed E-state index contributed by atoms with van der Waals surface area (Å²) in [6.07, 6.45) is -1.92. The van der Waals surface area contributed by atoms with Crippen molar-refractivity contribution in [1.82, 2.24) is 5.32 Å². The normalized spacial score (nSPS) is 17.5. The molecule has 0 aromatic rings. The number of esters is 1. The van der Waals surface area contributed by atoms with Crippen LogP contribution in [0.25, 0.3) is 0 Å². The molecule has 1 aliphatic carbocycles. The Morgan fingerprint density at radius 1 is 1.14 bits per heavy atom. The number of Topliss-reactive ketones (excluding diaryl/α,β-unsaturated/α-hetero) is 2. The quantitative estimate of drug-likeness (QED) is 0.622. The minimum Gasteiger partial charge on any atom is -0.445 e. The van der Waals surface area contributed by atoms with Crippen LogP contribution in [0.15, 0.2) is 0 Å². The van der Waals surface area contributed by atoms with Crippen LogP contribution in [0.4, 0.5) is 4.79 Å². The zero-order valence-electron chi connectivity index (χ0n) is 13.6. The summed E-state index contributed by atoms with van der Waals surface area (Å²) in [6.45, 7) is 8.52. The van der Waals surface area contributed by atoms with Crippen LogP contribution in [0.2, 0.25) is 0 Å². The molecule has 0 bridgehead atoms. The summed E-state index contributed by atoms with van der Waals surface area (Å²) in [5.74, 6) is -1.91. The molecule has 0 aromatic carbocycles. The second-order valence-corrected chi connectivity index (χ2v) is 6.62. The fourth-order valence-electron chi connectivity index (χ4n) is 1.94. The van der Waals surface area contributed by atoms with Gasteiger partial charge in [-0.05, 0) is 26.7 Å². The van der Waals surface area contributed by atoms with Gasteiger partial charge in [-0.1, -0.05) is 13.8 Å². The third-order valence-electron chi connectivity index (χ3n) is 3.03. The molecule has 0 aromatic heterocycles. The van der Waals surface area contributed by atoms with Crippen molar-refractivity contribution in [2.75, 3.05) is 0 Å². The summed E-state index contributed by atoms with van der Waals surface area (Å²) in [7, 11) is 0. The van der Waals surface area contributed by atoms with Gasteiger partial charge in [-0.3, -0.25) is 9.59 Å². The minimum atomic E-state index is -1.34. The van der Waals surface area contributed by atoms with E-state index in [1.807, 2.05) is 0 Å². The third kappa shape index (κ3) is 5.13. The number of nitrogens with one attached hydrogen (secondary N) is 1. The molecule has 1 amide bonds. The number of alkyl carbamates (subject to hydrolysis) is 1. The van der Waals surface area contributed by atoms with Crippen molar-refractivity contribution in [3.63, 3.8) is 0 Å². The number of carbonyl (C=O) groups excluding carboxylic acids is 4. The molecule has 0 spiro atoms. The van der Waals surface area contributed by atoms with Crippen LogP contribution in [-0.4, -0.2) is 41.4 Å². The summed E-state index contributed by atoms with van der Waals surface area (Å²) >= 11 is 0. The molecule has 124 valence electrons. The molecule has 1 N–H and O–H groups in total. The van der Waals surface area contributed by atoms with Crippen molar-refractivity contribution in [3.8, 4) is 0 Å². The lowest BCUT2D eigenvalue weighted by Gasteiger charge is -2.25. The predicted octanol–water partition coefficient (Wildman–Crippen LogP) is 1.38. The second-order valence-electron chi connectivity index (χ2n) is 6.62. The molecule has 1 atom stereocenters. The van der Waals surface area contributed by atoms with Crippen LogP contribution in [-0.2, 0) is 23.9 Å². The van der Waals surface area contributed by atoms with Crippen molar-refractivity contribution in [1.29, 1.82) is 0 Å². The van der Waals surface area contributed by atoms with Gasteiger partial charge in [-0.25, -0.2) is 9.59 Å². The van der Waals surface area contributed by atoms with E-state index in [1.165, 1.54) is 0 Å². The first-order valence-corrected chi connectivity index (χ1v) is 7.26. The van der Waals surface area contributed by atoms with Gasteiger partial charge in [0.1, 0.15) is 11.6 Å². The van der Waals surface area contributed by atoms with E-state index in [9.17, 15) is 19.2 Å². The topological polar surface area (TPSA) is 98.8 Å². The van der Waals surface area contributed by atoms with Gasteiger partial charge in [0.25, 0.3) is 0 Å². The van der Waals surface area contributed by atoms with Gasteiger partial charge in [-0.2, -0.15) is 0 Å². The van der Waals surface area contributed by atoms with E-state index >= 15 is 0 Å². The number of ether oxygens (including phenoxy) is 2. The fourth-order valence-corrected chi connectivity index (χ4v) is 1.94. The maximum absolute atomic E-state index is 12.1. The highest BCUT2D eigenvalue weighted by Gasteiger charge is 2.38. The molecular weight excluding hydrogens is 290 g/mol. The Bertz CT molecular complexity index is 461. The van der Waals surface area contributed by atoms with E-state index in [2.05, 4.69) is 5.32 Å². The molecule has 1 fully saturated rings. The zero-order valence-corrected chi connectivity index (χ0v) is 13.6. The summed E-state index contributed by atoms with van der Waals surface area (Å²) in [4.78, 5) is 46.9. The van der Waals surface area contributed by atoms with Crippen molar-refractivity contribution in [2.45, 2.75) is 65.2 Å². The lowest BCUT2D eigenvalue weighted by atomic mass is 10.0. The molecular formula is C15H23NO6. The Morgan fingerprint density at radius 2 is 1.64 bits per heavy atom. The van der Waals surface area contributed by atoms with E-state index < -0.39 is 41.4 Å². The number of carbonyl (C=O) groups is 4. The molecule has 1 unspecified atom stereocenters. The van der Waals surface area contributed by atoms with Crippen molar-refractivity contribution in [3.05, 3.63) is 0 Å². The molecule has 22 heavy (non-hydrogen) atoms. The maximum atomic E-state index is 12.1. The molecule has 1 saturated carbocycles. The van der Waals surface area contributed by atoms with E-state index in [0.29, 0.717) is 0 Å². The SMILES string of the molecule is CC(C)C(NC(=O)OC(C)(C)C)C(=O)OC1C(=O)CCC1=O. The number of hydrogen-bond donors (Lipinski definition) is 1. The summed E-state index contributed by atoms with van der Waals surface area (Å²) in [5.41, 5.74) is -0.701. The van der Waals surface area contributed by atoms with Gasteiger partial charge in [0.2, 0.25) is 6.10 Å². The first kappa shape index (κ1) is 18.1. The molecule has 1 aliphatic rings. The highest BCUT2D eigenvalue weighted by molar-refractivity contribution is 6.12. The molecule has 0 saturated heterocycles. The summed E-state index contributed by atoms with van der Waals surface area (Å²) < 4.78 is 10.1. The molecule has 7 heteroatoms. The Morgan fingerprint density at radius 3 is 2.05 bits per heavy atom. The molecule has 0 aliphatic heterocycles. The van der Waals surface area contributed by atoms with Crippen LogP contribution >= 0.6 is 0 Å². The third-order valence-corrected chi connectivity index (χ3v) is 3.03. The number of hydrogen-bond acceptors (Lipinski definition) is 6. The van der Waals surface area contributed by atoms with Crippen molar-refractivity contribution < 1.29 is 28.7 Å². The van der Waals surface area contributed by atoms with Gasteiger partial charge in [0.15, 0.2) is 11.6 Å². The maximum Gasteiger partial charge on any atom is 0.408 e. The summed E-state index contributed by atoms with van der Waals surface area (Å²) in [5, 5.41) is 2.42. The van der Waals surface area contributed by atoms with Crippen molar-refractivity contribution in [2.24, 2.45) is 5.92 Å². The monoisotopic (exact) mass is 313 g/mol. The van der Waals surface area contributed by atoms with Crippen LogP contribution in [0.1, 0.15) is 47.5 Å². The fraction of sp³-hybridized carbons (Fsp3) is 0.733. The average molecular weight is 313 g/mol. The largest absolute Gasteiger partial charge is 0.445 e. The van der Waals surface area contributed by atoms with E-state index in [0.717, 1.165) is 0 Å². The first-order valence-electron chi connectivity index (χ1n) is 7.26. The number of rotatable bonds is 4. The van der Waals surface area contributed by atoms with Gasteiger partial charge in [0.05, 0.1) is 0 Å². The van der Waals surface area contributed by atoms with E-state index in [4.69, 9.17) is 9.47 Å². The molecule has 7 nitrogen and oxygen atoms in total. The van der Waals surface area contributed by atoms with E-state index in [-0.39, 0.29) is 18.8 Å². The highest BCUT2D eigenvalue weighted by Crippen LogP contribution is 2.16. The average Bonchev–Trinajstić information content (AvgIpc) is 2.65. The zero-order chi connectivity index (χ0) is 17.1. The second kappa shape index (κ2) is 6.89. The summed E-state index contributed by atoms with van der Waals surface area (Å²) in [6, 6.07) is -0.990. The Hall–Kier alpha value is -1.92. The van der Waals surface area contributed by atoms with Gasteiger partial charge >= 0.3 is 12.1 Å². The van der Waals surface area contributed by atoms with Gasteiger partial charge in [-0.15, -0.1) is 0 Å². The molecule has 0 radical (unpaired) electrons. The lowest BCUT2D eigenvalue weighted by molar-refractivity contribution is -0.160. The predicted molar refractivity (Wildman–Crippen MR) is 77.1 cm³/mol. The number of amides is 1. The Labute approximate surface area is 129 Å². The van der Waals surface area contributed by atoms with Crippen LogP contribution < -0.4 is 5.32 Å². The van der Waals surface area contributed by atoms with Crippen LogP contribution in [0.3, 0.4) is 0 Å². The minimum absolute atomic E-state index is 0.0859. The van der Waals surface area contributed by atoms with E-state index in [1.54, 1.807) is 34.6 Å². The molecule has 0 heterocycles. The first-order chi connectivity index (χ1) is 10.0. The standard InChI is InChI=1S/C15H23NO6/c1-8(2)11(16-14(20)22-15(3,4)5)13(19)21-12-9(17)6-7-10(12)18/h8,11-12H,6-7H2,1-5H3,(H,16,20).